The smallest absolute Gasteiger partial charge is 0.252 e. The van der Waals surface area contributed by atoms with Gasteiger partial charge in [-0.2, -0.15) is 0 Å². The molecule has 0 saturated carbocycles. The first-order valence-electron chi connectivity index (χ1n) is 16.4. The molecule has 1 heterocycles. The van der Waals surface area contributed by atoms with E-state index in [1.54, 1.807) is 7.11 Å². The van der Waals surface area contributed by atoms with Crippen molar-refractivity contribution in [3.8, 4) is 11.5 Å². The normalized spacial score (nSPS) is 16.9. The highest BCUT2D eigenvalue weighted by molar-refractivity contribution is 9.10. The van der Waals surface area contributed by atoms with Crippen LogP contribution in [0.2, 0.25) is 0 Å². The van der Waals surface area contributed by atoms with E-state index in [0.29, 0.717) is 43.4 Å². The Bertz CT molecular complexity index is 1810. The minimum Gasteiger partial charge on any atom is -0.497 e. The molecule has 5 aromatic carbocycles. The molecule has 2 N–H and O–H groups in total. The van der Waals surface area contributed by atoms with Crippen LogP contribution in [0.1, 0.15) is 46.3 Å². The summed E-state index contributed by atoms with van der Waals surface area (Å²) in [6.45, 7) is 0.841. The van der Waals surface area contributed by atoms with E-state index in [9.17, 15) is 4.79 Å². The van der Waals surface area contributed by atoms with Gasteiger partial charge in [-0.15, -0.1) is 0 Å². The van der Waals surface area contributed by atoms with Gasteiger partial charge in [-0.25, -0.2) is 4.99 Å². The third-order valence-electron chi connectivity index (χ3n) is 8.68. The van der Waals surface area contributed by atoms with E-state index >= 15 is 0 Å². The van der Waals surface area contributed by atoms with Crippen LogP contribution in [0.4, 0.5) is 0 Å². The molecule has 0 spiro atoms. The number of halogens is 1. The first kappa shape index (κ1) is 34.0. The fourth-order valence-electron chi connectivity index (χ4n) is 6.15. The lowest BCUT2D eigenvalue weighted by molar-refractivity contribution is -0.129. The van der Waals surface area contributed by atoms with Gasteiger partial charge in [0, 0.05) is 41.9 Å². The lowest BCUT2D eigenvalue weighted by atomic mass is 9.81. The second kappa shape index (κ2) is 16.0. The zero-order valence-electron chi connectivity index (χ0n) is 27.3. The largest absolute Gasteiger partial charge is 0.497 e. The zero-order chi connectivity index (χ0) is 34.1. The van der Waals surface area contributed by atoms with E-state index in [1.807, 2.05) is 109 Å². The van der Waals surface area contributed by atoms with Crippen molar-refractivity contribution in [1.82, 2.24) is 5.32 Å². The SMILES string of the molecule is COc1cccc([C@H]2OC(c3ccc(OCCCO)cc3)=N[C@@]2(Cc2ccc(Br)cc2)C(=O)NCC(c2ccccc2)c2ccccc2)c1. The summed E-state index contributed by atoms with van der Waals surface area (Å²) >= 11 is 3.55. The average Bonchev–Trinajstić information content (AvgIpc) is 3.54. The van der Waals surface area contributed by atoms with Gasteiger partial charge in [-0.1, -0.05) is 101 Å². The maximum Gasteiger partial charge on any atom is 0.252 e. The van der Waals surface area contributed by atoms with Crippen LogP contribution in [0, 0.1) is 0 Å². The van der Waals surface area contributed by atoms with E-state index in [-0.39, 0.29) is 18.4 Å². The Hall–Kier alpha value is -4.92. The summed E-state index contributed by atoms with van der Waals surface area (Å²) in [7, 11) is 1.62. The minimum atomic E-state index is -1.36. The Morgan fingerprint density at radius 3 is 2.18 bits per heavy atom. The van der Waals surface area contributed by atoms with Crippen LogP contribution in [0.25, 0.3) is 0 Å². The van der Waals surface area contributed by atoms with Crippen LogP contribution in [0.3, 0.4) is 0 Å². The number of nitrogens with one attached hydrogen (secondary N) is 1. The highest BCUT2D eigenvalue weighted by atomic mass is 79.9. The topological polar surface area (TPSA) is 89.4 Å². The molecule has 5 aromatic rings. The van der Waals surface area contributed by atoms with Crippen LogP contribution in [0.15, 0.2) is 143 Å². The maximum absolute atomic E-state index is 14.9. The molecule has 0 bridgehead atoms. The Balaban J connectivity index is 1.41. The molecule has 0 saturated heterocycles. The molecule has 0 aliphatic carbocycles. The highest BCUT2D eigenvalue weighted by Gasteiger charge is 2.53. The number of hydrogen-bond acceptors (Lipinski definition) is 6. The number of methoxy groups -OCH3 is 1. The molecule has 0 aromatic heterocycles. The van der Waals surface area contributed by atoms with Crippen LogP contribution < -0.4 is 14.8 Å². The molecular formula is C41H39BrN2O5. The summed E-state index contributed by atoms with van der Waals surface area (Å²) in [5.74, 6) is 1.39. The molecule has 250 valence electrons. The van der Waals surface area contributed by atoms with E-state index in [1.165, 1.54) is 0 Å². The Morgan fingerprint density at radius 2 is 1.55 bits per heavy atom. The fourth-order valence-corrected chi connectivity index (χ4v) is 6.41. The Morgan fingerprint density at radius 1 is 0.878 bits per heavy atom. The van der Waals surface area contributed by atoms with Gasteiger partial charge < -0.3 is 24.6 Å². The number of nitrogens with zero attached hydrogens (tertiary/aromatic N) is 1. The van der Waals surface area contributed by atoms with Crippen molar-refractivity contribution < 1.29 is 24.1 Å². The van der Waals surface area contributed by atoms with Crippen molar-refractivity contribution >= 4 is 27.7 Å². The third-order valence-corrected chi connectivity index (χ3v) is 9.21. The minimum absolute atomic E-state index is 0.0638. The summed E-state index contributed by atoms with van der Waals surface area (Å²) in [5, 5.41) is 12.5. The predicted octanol–water partition coefficient (Wildman–Crippen LogP) is 7.67. The van der Waals surface area contributed by atoms with Gasteiger partial charge in [0.15, 0.2) is 11.6 Å². The van der Waals surface area contributed by atoms with Crippen LogP contribution in [-0.2, 0) is 16.0 Å². The number of carbonyl (C=O) groups is 1. The number of ether oxygens (including phenoxy) is 3. The third kappa shape index (κ3) is 8.04. The maximum atomic E-state index is 14.9. The van der Waals surface area contributed by atoms with E-state index in [2.05, 4.69) is 45.5 Å². The van der Waals surface area contributed by atoms with Crippen LogP contribution >= 0.6 is 15.9 Å². The highest BCUT2D eigenvalue weighted by Crippen LogP contribution is 2.43. The summed E-state index contributed by atoms with van der Waals surface area (Å²) < 4.78 is 19.0. The van der Waals surface area contributed by atoms with E-state index < -0.39 is 11.6 Å². The van der Waals surface area contributed by atoms with E-state index in [4.69, 9.17) is 24.3 Å². The molecule has 1 amide bonds. The Labute approximate surface area is 295 Å². The monoisotopic (exact) mass is 718 g/mol. The molecule has 1 aliphatic heterocycles. The summed E-state index contributed by atoms with van der Waals surface area (Å²) in [6, 6.07) is 43.5. The molecule has 0 radical (unpaired) electrons. The molecule has 7 nitrogen and oxygen atoms in total. The number of carbonyl (C=O) groups excluding carboxylic acids is 1. The van der Waals surface area contributed by atoms with Crippen molar-refractivity contribution in [3.63, 3.8) is 0 Å². The van der Waals surface area contributed by atoms with Crippen molar-refractivity contribution in [2.75, 3.05) is 26.9 Å². The van der Waals surface area contributed by atoms with Crippen molar-refractivity contribution in [2.24, 2.45) is 4.99 Å². The number of rotatable bonds is 14. The lowest BCUT2D eigenvalue weighted by Gasteiger charge is -2.32. The molecular weight excluding hydrogens is 680 g/mol. The van der Waals surface area contributed by atoms with Gasteiger partial charge >= 0.3 is 0 Å². The van der Waals surface area contributed by atoms with E-state index in [0.717, 1.165) is 32.3 Å². The summed E-state index contributed by atoms with van der Waals surface area (Å²) in [5.41, 5.74) is 3.29. The quantitative estimate of drug-likeness (QED) is 0.115. The standard InChI is InChI=1S/C41H39BrN2O5/c1-47-36-15-8-14-33(26-36)38-41(27-29-16-20-34(42)21-17-29,44-39(49-38)32-18-22-35(23-19-32)48-25-9-24-45)40(46)43-28-37(30-10-4-2-5-11-30)31-12-6-3-7-13-31/h2-8,10-23,26,37-38,45H,9,24-25,27-28H2,1H3,(H,43,46)/t38-,41-/m1/s1. The van der Waals surface area contributed by atoms with Crippen LogP contribution in [-0.4, -0.2) is 49.3 Å². The van der Waals surface area contributed by atoms with Gasteiger partial charge in [-0.3, -0.25) is 4.79 Å². The number of amides is 1. The Kier molecular flexibility index (Phi) is 11.1. The summed E-state index contributed by atoms with van der Waals surface area (Å²) in [4.78, 5) is 20.1. The van der Waals surface area contributed by atoms with Crippen molar-refractivity contribution in [2.45, 2.75) is 30.4 Å². The zero-order valence-corrected chi connectivity index (χ0v) is 28.9. The first-order valence-corrected chi connectivity index (χ1v) is 17.2. The second-order valence-electron chi connectivity index (χ2n) is 12.0. The van der Waals surface area contributed by atoms with Crippen molar-refractivity contribution in [1.29, 1.82) is 0 Å². The number of aliphatic imine (C=N–C) groups is 1. The fraction of sp³-hybridized carbons (Fsp3) is 0.220. The molecule has 6 rings (SSSR count). The number of aliphatic hydroxyl groups excluding tert-OH is 1. The predicted molar refractivity (Wildman–Crippen MR) is 195 cm³/mol. The van der Waals surface area contributed by atoms with Crippen molar-refractivity contribution in [3.05, 3.63) is 166 Å². The van der Waals surface area contributed by atoms with Crippen LogP contribution in [0.5, 0.6) is 11.5 Å². The molecule has 1 aliphatic rings. The second-order valence-corrected chi connectivity index (χ2v) is 12.9. The number of aliphatic hydroxyl groups is 1. The molecule has 0 fully saturated rings. The average molecular weight is 720 g/mol. The molecule has 0 unspecified atom stereocenters. The van der Waals surface area contributed by atoms with Gasteiger partial charge in [0.25, 0.3) is 5.91 Å². The molecule has 8 heteroatoms. The van der Waals surface area contributed by atoms with Gasteiger partial charge in [0.05, 0.1) is 13.7 Å². The molecule has 2 atom stereocenters. The number of benzene rings is 5. The van der Waals surface area contributed by atoms with Gasteiger partial charge in [-0.05, 0) is 70.8 Å². The van der Waals surface area contributed by atoms with Gasteiger partial charge in [0.2, 0.25) is 5.90 Å². The molecule has 49 heavy (non-hydrogen) atoms. The lowest BCUT2D eigenvalue weighted by Crippen LogP contribution is -2.50. The number of hydrogen-bond donors (Lipinski definition) is 2. The van der Waals surface area contributed by atoms with Gasteiger partial charge in [0.1, 0.15) is 11.5 Å². The summed E-state index contributed by atoms with van der Waals surface area (Å²) in [6.07, 6.45) is 0.0815. The first-order chi connectivity index (χ1) is 24.0.